The Balaban J connectivity index is 2.86. The molecule has 0 fully saturated rings. The van der Waals surface area contributed by atoms with Crippen LogP contribution >= 0.6 is 0 Å². The molecule has 0 radical (unpaired) electrons. The summed E-state index contributed by atoms with van der Waals surface area (Å²) in [6.45, 7) is 1.90. The van der Waals surface area contributed by atoms with Gasteiger partial charge < -0.3 is 5.73 Å². The monoisotopic (exact) mass is 270 g/mol. The van der Waals surface area contributed by atoms with Crippen LogP contribution in [0.15, 0.2) is 30.3 Å². The molecule has 18 heavy (non-hydrogen) atoms. The van der Waals surface area contributed by atoms with Crippen molar-refractivity contribution >= 4 is 15.9 Å². The molecule has 1 aromatic carbocycles. The predicted molar refractivity (Wildman–Crippen MR) is 70.2 cm³/mol. The van der Waals surface area contributed by atoms with E-state index in [1.165, 1.54) is 0 Å². The number of benzene rings is 1. The molecule has 1 atom stereocenters. The van der Waals surface area contributed by atoms with Crippen molar-refractivity contribution in [1.82, 2.24) is 4.72 Å². The van der Waals surface area contributed by atoms with Crippen LogP contribution in [0.5, 0.6) is 0 Å². The van der Waals surface area contributed by atoms with Crippen LogP contribution < -0.4 is 10.5 Å². The smallest absolute Gasteiger partial charge is 0.240 e. The summed E-state index contributed by atoms with van der Waals surface area (Å²) in [7, 11) is -3.49. The highest BCUT2D eigenvalue weighted by molar-refractivity contribution is 7.89. The molecule has 0 spiro atoms. The van der Waals surface area contributed by atoms with E-state index in [9.17, 15) is 13.2 Å². The fourth-order valence-corrected chi connectivity index (χ4v) is 2.91. The highest BCUT2D eigenvalue weighted by atomic mass is 32.2. The van der Waals surface area contributed by atoms with Gasteiger partial charge in [-0.2, -0.15) is 4.72 Å². The van der Waals surface area contributed by atoms with Gasteiger partial charge in [0.05, 0.1) is 5.75 Å². The molecule has 100 valence electrons. The third kappa shape index (κ3) is 4.46. The van der Waals surface area contributed by atoms with Crippen molar-refractivity contribution in [3.8, 4) is 0 Å². The van der Waals surface area contributed by atoms with E-state index in [-0.39, 0.29) is 5.75 Å². The van der Waals surface area contributed by atoms with Gasteiger partial charge in [-0.05, 0) is 12.0 Å². The van der Waals surface area contributed by atoms with Crippen LogP contribution in [0.1, 0.15) is 31.4 Å². The van der Waals surface area contributed by atoms with E-state index in [0.29, 0.717) is 12.0 Å². The minimum absolute atomic E-state index is 0.000113. The molecule has 0 aliphatic carbocycles. The number of hydrogen-bond donors (Lipinski definition) is 2. The van der Waals surface area contributed by atoms with Crippen LogP contribution in [0.3, 0.4) is 0 Å². The highest BCUT2D eigenvalue weighted by Gasteiger charge is 2.23. The maximum Gasteiger partial charge on any atom is 0.240 e. The molecule has 0 saturated heterocycles. The van der Waals surface area contributed by atoms with Gasteiger partial charge in [-0.15, -0.1) is 0 Å². The van der Waals surface area contributed by atoms with Gasteiger partial charge >= 0.3 is 0 Å². The van der Waals surface area contributed by atoms with Crippen LogP contribution in [-0.4, -0.2) is 20.1 Å². The summed E-state index contributed by atoms with van der Waals surface area (Å²) >= 11 is 0. The summed E-state index contributed by atoms with van der Waals surface area (Å²) in [5.74, 6) is -0.707. The molecule has 6 heteroatoms. The second-order valence-corrected chi connectivity index (χ2v) is 5.91. The maximum atomic E-state index is 11.8. The normalized spacial score (nSPS) is 13.2. The Morgan fingerprint density at radius 1 is 1.33 bits per heavy atom. The number of nitrogens with two attached hydrogens (primary N) is 1. The minimum Gasteiger partial charge on any atom is -0.368 e. The Morgan fingerprint density at radius 3 is 2.44 bits per heavy atom. The zero-order valence-electron chi connectivity index (χ0n) is 10.3. The number of rotatable bonds is 7. The number of unbranched alkanes of at least 4 members (excludes halogenated alkanes) is 1. The average Bonchev–Trinajstić information content (AvgIpc) is 2.34. The molecule has 0 heterocycles. The third-order valence-electron chi connectivity index (χ3n) is 2.48. The number of nitrogens with one attached hydrogen (secondary N) is 1. The standard InChI is InChI=1S/C12H18N2O3S/c1-2-3-9-18(16,17)14-11(12(13)15)10-7-5-4-6-8-10/h4-8,11,14H,2-3,9H2,1H3,(H2,13,15)/t11-/m0/s1. The van der Waals surface area contributed by atoms with E-state index in [1.807, 2.05) is 6.92 Å². The first-order valence-corrected chi connectivity index (χ1v) is 7.46. The molecule has 0 unspecified atom stereocenters. The first-order valence-electron chi connectivity index (χ1n) is 5.80. The summed E-state index contributed by atoms with van der Waals surface area (Å²) < 4.78 is 25.9. The first kappa shape index (κ1) is 14.7. The van der Waals surface area contributed by atoms with Gasteiger partial charge in [-0.1, -0.05) is 43.7 Å². The van der Waals surface area contributed by atoms with E-state index in [0.717, 1.165) is 6.42 Å². The van der Waals surface area contributed by atoms with E-state index < -0.39 is 22.0 Å². The van der Waals surface area contributed by atoms with Crippen LogP contribution in [0.25, 0.3) is 0 Å². The van der Waals surface area contributed by atoms with Gasteiger partial charge in [0.1, 0.15) is 6.04 Å². The van der Waals surface area contributed by atoms with Gasteiger partial charge in [-0.3, -0.25) is 4.79 Å². The largest absolute Gasteiger partial charge is 0.368 e. The molecule has 0 saturated carbocycles. The Bertz CT molecular complexity index is 485. The zero-order chi connectivity index (χ0) is 13.6. The fourth-order valence-electron chi connectivity index (χ4n) is 1.51. The van der Waals surface area contributed by atoms with Crippen LogP contribution in [0, 0.1) is 0 Å². The lowest BCUT2D eigenvalue weighted by Crippen LogP contribution is -2.38. The van der Waals surface area contributed by atoms with Crippen molar-refractivity contribution in [2.75, 3.05) is 5.75 Å². The van der Waals surface area contributed by atoms with Gasteiger partial charge in [-0.25, -0.2) is 8.42 Å². The van der Waals surface area contributed by atoms with Crippen molar-refractivity contribution < 1.29 is 13.2 Å². The van der Waals surface area contributed by atoms with Gasteiger partial charge in [0, 0.05) is 0 Å². The number of carbonyl (C=O) groups excluding carboxylic acids is 1. The van der Waals surface area contributed by atoms with Crippen molar-refractivity contribution in [2.45, 2.75) is 25.8 Å². The van der Waals surface area contributed by atoms with E-state index >= 15 is 0 Å². The molecule has 1 aromatic rings. The van der Waals surface area contributed by atoms with Gasteiger partial charge in [0.2, 0.25) is 15.9 Å². The molecular formula is C12H18N2O3S. The predicted octanol–water partition coefficient (Wildman–Crippen LogP) is 0.933. The highest BCUT2D eigenvalue weighted by Crippen LogP contribution is 2.13. The molecular weight excluding hydrogens is 252 g/mol. The van der Waals surface area contributed by atoms with Crippen LogP contribution in [-0.2, 0) is 14.8 Å². The van der Waals surface area contributed by atoms with Crippen molar-refractivity contribution in [2.24, 2.45) is 5.73 Å². The summed E-state index contributed by atoms with van der Waals surface area (Å²) in [6.07, 6.45) is 1.32. The minimum atomic E-state index is -3.49. The van der Waals surface area contributed by atoms with E-state index in [2.05, 4.69) is 4.72 Å². The Morgan fingerprint density at radius 2 is 1.94 bits per heavy atom. The molecule has 0 aliphatic heterocycles. The van der Waals surface area contributed by atoms with Crippen LogP contribution in [0.4, 0.5) is 0 Å². The zero-order valence-corrected chi connectivity index (χ0v) is 11.1. The first-order chi connectivity index (χ1) is 8.46. The lowest BCUT2D eigenvalue weighted by molar-refractivity contribution is -0.119. The summed E-state index contributed by atoms with van der Waals surface area (Å²) in [6, 6.07) is 7.56. The molecule has 1 amide bonds. The lowest BCUT2D eigenvalue weighted by Gasteiger charge is -2.15. The number of amides is 1. The van der Waals surface area contributed by atoms with Crippen LogP contribution in [0.2, 0.25) is 0 Å². The van der Waals surface area contributed by atoms with Gasteiger partial charge in [0.25, 0.3) is 0 Å². The maximum absolute atomic E-state index is 11.8. The number of hydrogen-bond acceptors (Lipinski definition) is 3. The lowest BCUT2D eigenvalue weighted by atomic mass is 10.1. The SMILES string of the molecule is CCCCS(=O)(=O)N[C@H](C(N)=O)c1ccccc1. The average molecular weight is 270 g/mol. The van der Waals surface area contributed by atoms with E-state index in [1.54, 1.807) is 30.3 Å². The van der Waals surface area contributed by atoms with Crippen molar-refractivity contribution in [3.05, 3.63) is 35.9 Å². The molecule has 5 nitrogen and oxygen atoms in total. The number of carbonyl (C=O) groups is 1. The van der Waals surface area contributed by atoms with Gasteiger partial charge in [0.15, 0.2) is 0 Å². The number of sulfonamides is 1. The van der Waals surface area contributed by atoms with E-state index in [4.69, 9.17) is 5.73 Å². The second kappa shape index (κ2) is 6.51. The Kier molecular flexibility index (Phi) is 5.30. The third-order valence-corrected chi connectivity index (χ3v) is 3.90. The molecule has 1 rings (SSSR count). The van der Waals surface area contributed by atoms with Crippen molar-refractivity contribution in [3.63, 3.8) is 0 Å². The second-order valence-electron chi connectivity index (χ2n) is 4.04. The molecule has 0 aromatic heterocycles. The quantitative estimate of drug-likeness (QED) is 0.772. The molecule has 3 N–H and O–H groups in total. The molecule has 0 bridgehead atoms. The topological polar surface area (TPSA) is 89.3 Å². The molecule has 0 aliphatic rings. The summed E-state index contributed by atoms with van der Waals surface area (Å²) in [5.41, 5.74) is 5.79. The fraction of sp³-hybridized carbons (Fsp3) is 0.417. The summed E-state index contributed by atoms with van der Waals surface area (Å²) in [5, 5.41) is 0. The van der Waals surface area contributed by atoms with Crippen molar-refractivity contribution in [1.29, 1.82) is 0 Å². The Hall–Kier alpha value is -1.40. The number of primary amides is 1. The summed E-state index contributed by atoms with van der Waals surface area (Å²) in [4.78, 5) is 11.3. The Labute approximate surface area is 107 Å².